The van der Waals surface area contributed by atoms with E-state index in [2.05, 4.69) is 21.3 Å². The number of hydrogen-bond acceptors (Lipinski definition) is 9. The Balaban J connectivity index is 1.63. The summed E-state index contributed by atoms with van der Waals surface area (Å²) in [5.74, 6) is -5.36. The van der Waals surface area contributed by atoms with E-state index in [9.17, 15) is 24.3 Å². The molecule has 316 valence electrons. The second-order valence-electron chi connectivity index (χ2n) is 14.9. The smallest absolute Gasteiger partial charge is 0.408 e. The predicted molar refractivity (Wildman–Crippen MR) is 226 cm³/mol. The van der Waals surface area contributed by atoms with Crippen molar-refractivity contribution in [3.8, 4) is 0 Å². The topological polar surface area (TPSA) is 181 Å². The Morgan fingerprint density at radius 2 is 0.932 bits per heavy atom. The number of ether oxygens (including phenoxy) is 2. The second-order valence-corrected chi connectivity index (χ2v) is 17.6. The molecule has 13 nitrogen and oxygen atoms in total. The lowest BCUT2D eigenvalue weighted by Gasteiger charge is -2.37. The summed E-state index contributed by atoms with van der Waals surface area (Å²) in [7, 11) is -4.42. The van der Waals surface area contributed by atoms with E-state index < -0.39 is 73.0 Å². The third-order valence-corrected chi connectivity index (χ3v) is 12.5. The van der Waals surface area contributed by atoms with E-state index in [4.69, 9.17) is 14.0 Å². The number of amides is 4. The maximum atomic E-state index is 15.5. The van der Waals surface area contributed by atoms with Crippen LogP contribution in [0.4, 0.5) is 9.59 Å². The van der Waals surface area contributed by atoms with Crippen molar-refractivity contribution in [1.82, 2.24) is 21.3 Å². The molecule has 5 N–H and O–H groups in total. The largest absolute Gasteiger partial charge is 0.445 e. The number of hydrogen-bond donors (Lipinski definition) is 5. The summed E-state index contributed by atoms with van der Waals surface area (Å²) in [4.78, 5) is 54.1. The molecule has 0 saturated heterocycles. The Hall–Kier alpha value is -5.49. The molecule has 0 saturated carbocycles. The molecule has 4 amide bonds. The zero-order chi connectivity index (χ0) is 42.8. The van der Waals surface area contributed by atoms with E-state index in [1.54, 1.807) is 107 Å². The Kier molecular flexibility index (Phi) is 18.2. The van der Waals surface area contributed by atoms with Crippen molar-refractivity contribution in [2.24, 2.45) is 11.8 Å². The van der Waals surface area contributed by atoms with E-state index in [0.717, 1.165) is 11.1 Å². The maximum Gasteiger partial charge on any atom is 0.408 e. The van der Waals surface area contributed by atoms with Crippen molar-refractivity contribution in [3.05, 3.63) is 144 Å². The summed E-state index contributed by atoms with van der Waals surface area (Å²) in [6, 6.07) is 32.7. The zero-order valence-corrected chi connectivity index (χ0v) is 35.2. The summed E-state index contributed by atoms with van der Waals surface area (Å²) >= 11 is 0. The quantitative estimate of drug-likeness (QED) is 0.0557. The number of carbonyl (C=O) groups excluding carboxylic acids is 4. The molecule has 0 aliphatic rings. The van der Waals surface area contributed by atoms with Crippen LogP contribution in [0.2, 0.25) is 0 Å². The first-order valence-electron chi connectivity index (χ1n) is 19.9. The van der Waals surface area contributed by atoms with Crippen LogP contribution in [0.1, 0.15) is 56.9 Å². The predicted octanol–water partition coefficient (Wildman–Crippen LogP) is 6.93. The molecular weight excluding hydrogens is 771 g/mol. The molecule has 0 spiro atoms. The van der Waals surface area contributed by atoms with Gasteiger partial charge in [-0.2, -0.15) is 0 Å². The summed E-state index contributed by atoms with van der Waals surface area (Å²) in [6.07, 6.45) is -1.65. The van der Waals surface area contributed by atoms with Crippen LogP contribution in [0, 0.1) is 11.8 Å². The van der Waals surface area contributed by atoms with Crippen molar-refractivity contribution in [3.63, 3.8) is 0 Å². The van der Waals surface area contributed by atoms with Crippen LogP contribution in [0.5, 0.6) is 0 Å². The van der Waals surface area contributed by atoms with Gasteiger partial charge in [0.05, 0.1) is 12.6 Å². The Labute approximate surface area is 347 Å². The van der Waals surface area contributed by atoms with Crippen molar-refractivity contribution >= 4 is 31.4 Å². The van der Waals surface area contributed by atoms with Gasteiger partial charge in [-0.3, -0.25) is 14.2 Å². The van der Waals surface area contributed by atoms with Gasteiger partial charge >= 0.3 is 12.2 Å². The maximum absolute atomic E-state index is 15.5. The number of nitrogens with one attached hydrogen (secondary N) is 4. The van der Waals surface area contributed by atoms with E-state index in [0.29, 0.717) is 11.1 Å². The minimum absolute atomic E-state index is 0.0113. The van der Waals surface area contributed by atoms with Crippen molar-refractivity contribution in [1.29, 1.82) is 0 Å². The Bertz CT molecular complexity index is 1950. The van der Waals surface area contributed by atoms with Crippen LogP contribution in [0.15, 0.2) is 121 Å². The summed E-state index contributed by atoms with van der Waals surface area (Å²) < 4.78 is 32.3. The first-order valence-corrected chi connectivity index (χ1v) is 21.6. The molecule has 59 heavy (non-hydrogen) atoms. The number of rotatable bonds is 21. The fraction of sp³-hybridized carbons (Fsp3) is 0.378. The highest BCUT2D eigenvalue weighted by atomic mass is 31.2. The van der Waals surface area contributed by atoms with Gasteiger partial charge in [-0.1, -0.05) is 149 Å². The molecule has 0 radical (unpaired) electrons. The van der Waals surface area contributed by atoms with Crippen LogP contribution >= 0.6 is 7.37 Å². The lowest BCUT2D eigenvalue weighted by molar-refractivity contribution is -0.126. The van der Waals surface area contributed by atoms with Crippen LogP contribution in [0.25, 0.3) is 0 Å². The van der Waals surface area contributed by atoms with E-state index >= 15 is 4.57 Å². The van der Waals surface area contributed by atoms with Crippen molar-refractivity contribution < 1.29 is 42.8 Å². The van der Waals surface area contributed by atoms with Crippen molar-refractivity contribution in [2.75, 3.05) is 6.61 Å². The summed E-state index contributed by atoms with van der Waals surface area (Å²) in [5.41, 5.74) is 2.92. The summed E-state index contributed by atoms with van der Waals surface area (Å²) in [5, 5.41) is 23.4. The molecule has 0 bridgehead atoms. The molecule has 6 atom stereocenters. The number of benzene rings is 4. The third-order valence-electron chi connectivity index (χ3n) is 9.57. The molecule has 4 rings (SSSR count). The van der Waals surface area contributed by atoms with Gasteiger partial charge in [0, 0.05) is 6.42 Å². The number of carbonyl (C=O) groups is 4. The summed E-state index contributed by atoms with van der Waals surface area (Å²) in [6.45, 7) is 8.46. The highest BCUT2D eigenvalue weighted by molar-refractivity contribution is 7.60. The molecule has 0 aliphatic carbocycles. The first kappa shape index (κ1) is 46.2. The zero-order valence-electron chi connectivity index (χ0n) is 34.3. The minimum Gasteiger partial charge on any atom is -0.445 e. The minimum atomic E-state index is -4.42. The molecular formula is C45H57N4O9P. The first-order chi connectivity index (χ1) is 28.3. The van der Waals surface area contributed by atoms with Gasteiger partial charge in [-0.15, -0.1) is 0 Å². The number of alkyl carbamates (subject to hydrolysis) is 2. The number of aliphatic hydroxyl groups is 1. The monoisotopic (exact) mass is 828 g/mol. The average molecular weight is 829 g/mol. The lowest BCUT2D eigenvalue weighted by atomic mass is 10.0. The van der Waals surface area contributed by atoms with Gasteiger partial charge in [0.25, 0.3) is 7.37 Å². The third kappa shape index (κ3) is 14.4. The highest BCUT2D eigenvalue weighted by Crippen LogP contribution is 2.57. The average Bonchev–Trinajstić information content (AvgIpc) is 3.23. The van der Waals surface area contributed by atoms with E-state index in [1.165, 1.54) is 0 Å². The molecule has 0 aromatic heterocycles. The molecule has 4 aromatic rings. The van der Waals surface area contributed by atoms with Gasteiger partial charge in [-0.25, -0.2) is 9.59 Å². The van der Waals surface area contributed by atoms with Gasteiger partial charge in [0.2, 0.25) is 11.8 Å². The van der Waals surface area contributed by atoms with E-state index in [1.807, 2.05) is 48.5 Å². The molecule has 4 aromatic carbocycles. The van der Waals surface area contributed by atoms with Gasteiger partial charge in [0.1, 0.15) is 31.1 Å². The normalized spacial score (nSPS) is 14.8. The fourth-order valence-corrected chi connectivity index (χ4v) is 8.95. The highest BCUT2D eigenvalue weighted by Gasteiger charge is 2.47. The Morgan fingerprint density at radius 3 is 1.32 bits per heavy atom. The van der Waals surface area contributed by atoms with E-state index in [-0.39, 0.29) is 32.7 Å². The van der Waals surface area contributed by atoms with Crippen LogP contribution in [0.3, 0.4) is 0 Å². The standard InChI is InChI=1S/C45H57N4O9P/c1-6-58-59(55,38(28-34-21-13-8-14-22-34)47-42(51)40(32(4)5)49-45(54)57-30-36-25-17-10-18-26-36)43(52)37(27-33-19-11-7-12-20-33)46-41(50)39(31(2)3)48-44(53)56-29-35-23-15-9-16-24-35/h7-26,31-32,37-40,43,52H,6,27-30H2,1-5H3,(H,46,50)(H,47,51)(H,48,53)(H,49,54). The van der Waals surface area contributed by atoms with Crippen LogP contribution in [-0.4, -0.2) is 65.5 Å². The van der Waals surface area contributed by atoms with Crippen LogP contribution in [-0.2, 0) is 54.2 Å². The SMILES string of the molecule is CCOP(=O)(C(Cc1ccccc1)NC(=O)C(NC(=O)OCc1ccccc1)C(C)C)C(O)C(Cc1ccccc1)NC(=O)C(NC(=O)OCc1ccccc1)C(C)C. The van der Waals surface area contributed by atoms with Crippen LogP contribution < -0.4 is 21.3 Å². The van der Waals surface area contributed by atoms with Gasteiger partial charge in [0.15, 0.2) is 5.85 Å². The van der Waals surface area contributed by atoms with Gasteiger partial charge < -0.3 is 40.4 Å². The van der Waals surface area contributed by atoms with Gasteiger partial charge in [-0.05, 0) is 47.4 Å². The lowest BCUT2D eigenvalue weighted by Crippen LogP contribution is -2.56. The molecule has 0 aliphatic heterocycles. The Morgan fingerprint density at radius 1 is 0.559 bits per heavy atom. The molecule has 0 heterocycles. The fourth-order valence-electron chi connectivity index (χ4n) is 6.39. The second kappa shape index (κ2) is 23.2. The molecule has 14 heteroatoms. The molecule has 0 fully saturated rings. The number of aliphatic hydroxyl groups excluding tert-OH is 1. The van der Waals surface area contributed by atoms with Crippen molar-refractivity contribution in [2.45, 2.75) is 90.4 Å². The molecule has 6 unspecified atom stereocenters.